The van der Waals surface area contributed by atoms with E-state index in [1.54, 1.807) is 6.20 Å². The molecule has 1 atom stereocenters. The van der Waals surface area contributed by atoms with Crippen LogP contribution in [0.4, 0.5) is 0 Å². The van der Waals surface area contributed by atoms with E-state index in [0.29, 0.717) is 18.5 Å². The van der Waals surface area contributed by atoms with Gasteiger partial charge in [-0.3, -0.25) is 9.59 Å². The first-order chi connectivity index (χ1) is 11.5. The van der Waals surface area contributed by atoms with Crippen LogP contribution in [0.1, 0.15) is 49.3 Å². The molecule has 0 unspecified atom stereocenters. The van der Waals surface area contributed by atoms with E-state index in [1.165, 1.54) is 12.8 Å². The van der Waals surface area contributed by atoms with Crippen molar-refractivity contribution in [3.05, 3.63) is 27.9 Å². The Hall–Kier alpha value is -1.69. The van der Waals surface area contributed by atoms with Gasteiger partial charge in [0.1, 0.15) is 11.4 Å². The van der Waals surface area contributed by atoms with Crippen molar-refractivity contribution in [1.82, 2.24) is 19.8 Å². The molecule has 2 aliphatic heterocycles. The van der Waals surface area contributed by atoms with E-state index >= 15 is 0 Å². The van der Waals surface area contributed by atoms with E-state index < -0.39 is 0 Å². The number of rotatable bonds is 4. The number of carbonyl (C=O) groups is 1. The van der Waals surface area contributed by atoms with Crippen molar-refractivity contribution in [2.45, 2.75) is 52.1 Å². The van der Waals surface area contributed by atoms with Gasteiger partial charge in [-0.25, -0.2) is 0 Å². The number of nitrogens with one attached hydrogen (secondary N) is 1. The molecule has 24 heavy (non-hydrogen) atoms. The van der Waals surface area contributed by atoms with Crippen LogP contribution in [0, 0.1) is 11.3 Å². The lowest BCUT2D eigenvalue weighted by atomic mass is 9.86. The molecular formula is C18H26N4O2. The largest absolute Gasteiger partial charge is 0.352 e. The second-order valence-electron chi connectivity index (χ2n) is 8.15. The fraction of sp³-hybridized carbons (Fsp3) is 0.722. The molecule has 1 saturated carbocycles. The first-order valence-corrected chi connectivity index (χ1v) is 9.08. The van der Waals surface area contributed by atoms with Crippen LogP contribution < -0.4 is 10.9 Å². The first kappa shape index (κ1) is 15.8. The third kappa shape index (κ3) is 2.88. The molecule has 0 radical (unpaired) electrons. The average molecular weight is 330 g/mol. The number of nitrogens with zero attached hydrogens (tertiary/aromatic N) is 3. The number of carbonyl (C=O) groups excluding carboxylic acids is 1. The highest BCUT2D eigenvalue weighted by atomic mass is 16.2. The van der Waals surface area contributed by atoms with Crippen LogP contribution in [-0.2, 0) is 13.0 Å². The summed E-state index contributed by atoms with van der Waals surface area (Å²) in [6.07, 6.45) is 6.06. The van der Waals surface area contributed by atoms with Gasteiger partial charge in [0.15, 0.2) is 0 Å². The quantitative estimate of drug-likeness (QED) is 0.896. The van der Waals surface area contributed by atoms with E-state index in [0.717, 1.165) is 38.3 Å². The van der Waals surface area contributed by atoms with Crippen LogP contribution >= 0.6 is 0 Å². The molecule has 1 amide bonds. The van der Waals surface area contributed by atoms with Gasteiger partial charge < -0.3 is 14.8 Å². The fourth-order valence-electron chi connectivity index (χ4n) is 4.05. The summed E-state index contributed by atoms with van der Waals surface area (Å²) in [6.45, 7) is 8.14. The van der Waals surface area contributed by atoms with Gasteiger partial charge in [-0.2, -0.15) is 4.98 Å². The molecule has 2 fully saturated rings. The monoisotopic (exact) mass is 330 g/mol. The minimum atomic E-state index is -0.384. The van der Waals surface area contributed by atoms with E-state index in [9.17, 15) is 9.59 Å². The molecular weight excluding hydrogens is 304 g/mol. The summed E-state index contributed by atoms with van der Waals surface area (Å²) >= 11 is 0. The number of likely N-dealkylation sites (tertiary alicyclic amines) is 1. The summed E-state index contributed by atoms with van der Waals surface area (Å²) in [5.41, 5.74) is -0.0136. The number of hydrogen-bond acceptors (Lipinski definition) is 4. The summed E-state index contributed by atoms with van der Waals surface area (Å²) in [4.78, 5) is 31.3. The Bertz CT molecular complexity index is 722. The minimum absolute atomic E-state index is 0.180. The summed E-state index contributed by atoms with van der Waals surface area (Å²) < 4.78 is 2.04. The van der Waals surface area contributed by atoms with Gasteiger partial charge in [0, 0.05) is 43.7 Å². The van der Waals surface area contributed by atoms with Gasteiger partial charge in [0.25, 0.3) is 11.5 Å². The molecule has 1 saturated heterocycles. The lowest BCUT2D eigenvalue weighted by Gasteiger charge is -2.25. The molecule has 4 rings (SSSR count). The Labute approximate surface area is 142 Å². The summed E-state index contributed by atoms with van der Waals surface area (Å²) in [7, 11) is 0. The Kier molecular flexibility index (Phi) is 3.75. The molecule has 1 aromatic rings. The highest BCUT2D eigenvalue weighted by Gasteiger charge is 2.44. The molecule has 1 aromatic heterocycles. The van der Waals surface area contributed by atoms with Gasteiger partial charge in [-0.1, -0.05) is 0 Å². The van der Waals surface area contributed by atoms with Crippen molar-refractivity contribution in [3.63, 3.8) is 0 Å². The lowest BCUT2D eigenvalue weighted by molar-refractivity contribution is 0.0949. The molecule has 6 nitrogen and oxygen atoms in total. The molecule has 3 aliphatic rings. The smallest absolute Gasteiger partial charge is 0.285 e. The molecule has 1 spiro atoms. The van der Waals surface area contributed by atoms with Crippen molar-refractivity contribution in [2.24, 2.45) is 11.3 Å². The Morgan fingerprint density at radius 2 is 2.21 bits per heavy atom. The van der Waals surface area contributed by atoms with E-state index in [-0.39, 0.29) is 22.4 Å². The van der Waals surface area contributed by atoms with Gasteiger partial charge in [0.2, 0.25) is 0 Å². The third-order valence-electron chi connectivity index (χ3n) is 5.81. The van der Waals surface area contributed by atoms with Gasteiger partial charge in [-0.05, 0) is 45.6 Å². The van der Waals surface area contributed by atoms with E-state index in [2.05, 4.69) is 29.0 Å². The predicted molar refractivity (Wildman–Crippen MR) is 91.0 cm³/mol. The van der Waals surface area contributed by atoms with Crippen LogP contribution in [-0.4, -0.2) is 46.0 Å². The van der Waals surface area contributed by atoms with Crippen molar-refractivity contribution in [3.8, 4) is 0 Å². The zero-order chi connectivity index (χ0) is 16.9. The van der Waals surface area contributed by atoms with Crippen molar-refractivity contribution >= 4 is 5.91 Å². The normalized spacial score (nSPS) is 26.3. The predicted octanol–water partition coefficient (Wildman–Crippen LogP) is 1.04. The van der Waals surface area contributed by atoms with Crippen LogP contribution in [0.25, 0.3) is 0 Å². The summed E-state index contributed by atoms with van der Waals surface area (Å²) in [5.74, 6) is 1.16. The molecule has 6 heteroatoms. The van der Waals surface area contributed by atoms with Crippen LogP contribution in [0.5, 0.6) is 0 Å². The fourth-order valence-corrected chi connectivity index (χ4v) is 4.05. The molecule has 1 N–H and O–H groups in total. The standard InChI is InChI=1S/C18H26N4O2/c1-12(2)21-6-5-18(10-21)7-15-20-17(24)14(9-22(15)11-18)16(23)19-8-13-3-4-13/h9,12-13H,3-8,10-11H2,1-2H3,(H,19,23)/t18-/m1/s1. The lowest BCUT2D eigenvalue weighted by Crippen LogP contribution is -2.33. The highest BCUT2D eigenvalue weighted by molar-refractivity contribution is 5.93. The summed E-state index contributed by atoms with van der Waals surface area (Å²) in [5, 5.41) is 2.88. The van der Waals surface area contributed by atoms with E-state index in [4.69, 9.17) is 0 Å². The van der Waals surface area contributed by atoms with Crippen LogP contribution in [0.2, 0.25) is 0 Å². The zero-order valence-corrected chi connectivity index (χ0v) is 14.5. The second kappa shape index (κ2) is 5.69. The molecule has 0 bridgehead atoms. The SMILES string of the molecule is CC(C)N1CC[C@@]2(Cc3nc(=O)c(C(=O)NCC4CC4)cn3C2)C1. The van der Waals surface area contributed by atoms with Crippen LogP contribution in [0.3, 0.4) is 0 Å². The van der Waals surface area contributed by atoms with Gasteiger partial charge in [0.05, 0.1) is 0 Å². The second-order valence-corrected chi connectivity index (χ2v) is 8.15. The van der Waals surface area contributed by atoms with Gasteiger partial charge in [-0.15, -0.1) is 0 Å². The van der Waals surface area contributed by atoms with E-state index in [1.807, 2.05) is 4.57 Å². The molecule has 130 valence electrons. The number of fused-ring (bicyclic) bond motifs is 1. The molecule has 1 aliphatic carbocycles. The number of hydrogen-bond donors (Lipinski definition) is 1. The van der Waals surface area contributed by atoms with Crippen molar-refractivity contribution in [2.75, 3.05) is 19.6 Å². The Morgan fingerprint density at radius 3 is 2.88 bits per heavy atom. The van der Waals surface area contributed by atoms with Gasteiger partial charge >= 0.3 is 0 Å². The maximum atomic E-state index is 12.3. The first-order valence-electron chi connectivity index (χ1n) is 9.08. The number of amides is 1. The third-order valence-corrected chi connectivity index (χ3v) is 5.81. The minimum Gasteiger partial charge on any atom is -0.352 e. The Balaban J connectivity index is 1.52. The topological polar surface area (TPSA) is 67.2 Å². The van der Waals surface area contributed by atoms with Crippen LogP contribution in [0.15, 0.2) is 11.0 Å². The van der Waals surface area contributed by atoms with Crippen molar-refractivity contribution in [1.29, 1.82) is 0 Å². The maximum absolute atomic E-state index is 12.3. The zero-order valence-electron chi connectivity index (χ0n) is 14.5. The number of aromatic nitrogens is 2. The Morgan fingerprint density at radius 1 is 1.42 bits per heavy atom. The highest BCUT2D eigenvalue weighted by Crippen LogP contribution is 2.40. The van der Waals surface area contributed by atoms with Crippen molar-refractivity contribution < 1.29 is 4.79 Å². The summed E-state index contributed by atoms with van der Waals surface area (Å²) in [6, 6.07) is 0.546. The maximum Gasteiger partial charge on any atom is 0.285 e. The average Bonchev–Trinajstić information content (AvgIpc) is 3.18. The molecule has 3 heterocycles. The molecule has 0 aromatic carbocycles.